The summed E-state index contributed by atoms with van der Waals surface area (Å²) in [5.74, 6) is -2.11. The van der Waals surface area contributed by atoms with Gasteiger partial charge in [0.2, 0.25) is 5.78 Å². The largest absolute Gasteiger partial charge is 0.503 e. The number of nitrogens with zero attached hydrogens (tertiary/aromatic N) is 2. The smallest absolute Gasteiger partial charge is 0.295 e. The van der Waals surface area contributed by atoms with E-state index in [2.05, 4.69) is 5.16 Å². The lowest BCUT2D eigenvalue weighted by molar-refractivity contribution is -0.117. The highest BCUT2D eigenvalue weighted by molar-refractivity contribution is 6.19. The SMILES string of the molecule is Cc1cc(N2C(=O)C(O)=C(C(=O)c3ccco3)[C@@H]2c2ccc(F)cc2)no1. The molecule has 136 valence electrons. The number of ketones is 1. The molecule has 0 aliphatic carbocycles. The molecule has 3 aromatic rings. The van der Waals surface area contributed by atoms with Crippen molar-refractivity contribution in [2.75, 3.05) is 4.90 Å². The summed E-state index contributed by atoms with van der Waals surface area (Å²) >= 11 is 0. The van der Waals surface area contributed by atoms with Crippen molar-refractivity contribution in [2.24, 2.45) is 0 Å². The van der Waals surface area contributed by atoms with Gasteiger partial charge in [-0.1, -0.05) is 17.3 Å². The molecule has 7 nitrogen and oxygen atoms in total. The summed E-state index contributed by atoms with van der Waals surface area (Å²) in [6.07, 6.45) is 1.31. The first-order valence-corrected chi connectivity index (χ1v) is 8.01. The van der Waals surface area contributed by atoms with Crippen LogP contribution in [-0.4, -0.2) is 22.0 Å². The number of anilines is 1. The molecule has 0 saturated heterocycles. The van der Waals surface area contributed by atoms with Gasteiger partial charge < -0.3 is 14.0 Å². The third-order valence-electron chi connectivity index (χ3n) is 4.25. The zero-order chi connectivity index (χ0) is 19.1. The number of benzene rings is 1. The molecular weight excluding hydrogens is 355 g/mol. The van der Waals surface area contributed by atoms with Gasteiger partial charge in [0.1, 0.15) is 11.6 Å². The fourth-order valence-corrected chi connectivity index (χ4v) is 3.04. The molecule has 0 saturated carbocycles. The van der Waals surface area contributed by atoms with Crippen molar-refractivity contribution in [3.8, 4) is 0 Å². The van der Waals surface area contributed by atoms with Crippen LogP contribution in [0.1, 0.15) is 27.9 Å². The Balaban J connectivity index is 1.88. The van der Waals surface area contributed by atoms with E-state index in [0.717, 1.165) is 4.90 Å². The number of carbonyl (C=O) groups excluding carboxylic acids is 2. The summed E-state index contributed by atoms with van der Waals surface area (Å²) in [4.78, 5) is 26.8. The normalized spacial score (nSPS) is 17.0. The Bertz CT molecular complexity index is 1050. The fraction of sp³-hybridized carbons (Fsp3) is 0.105. The summed E-state index contributed by atoms with van der Waals surface area (Å²) in [6, 6.07) is 8.71. The van der Waals surface area contributed by atoms with E-state index in [1.165, 1.54) is 48.7 Å². The Kier molecular flexibility index (Phi) is 3.88. The topological polar surface area (TPSA) is 96.8 Å². The van der Waals surface area contributed by atoms with Gasteiger partial charge in [-0.3, -0.25) is 14.5 Å². The van der Waals surface area contributed by atoms with E-state index in [9.17, 15) is 19.1 Å². The summed E-state index contributed by atoms with van der Waals surface area (Å²) < 4.78 is 23.5. The molecule has 3 heterocycles. The van der Waals surface area contributed by atoms with Crippen LogP contribution in [0.25, 0.3) is 0 Å². The number of furan rings is 1. The second-order valence-corrected chi connectivity index (χ2v) is 5.99. The minimum Gasteiger partial charge on any atom is -0.503 e. The predicted octanol–water partition coefficient (Wildman–Crippen LogP) is 3.50. The number of carbonyl (C=O) groups is 2. The van der Waals surface area contributed by atoms with Crippen molar-refractivity contribution in [3.63, 3.8) is 0 Å². The van der Waals surface area contributed by atoms with Crippen LogP contribution in [-0.2, 0) is 4.79 Å². The average molecular weight is 368 g/mol. The van der Waals surface area contributed by atoms with Crippen molar-refractivity contribution in [2.45, 2.75) is 13.0 Å². The van der Waals surface area contributed by atoms with Gasteiger partial charge in [0, 0.05) is 6.07 Å². The predicted molar refractivity (Wildman–Crippen MR) is 90.6 cm³/mol. The van der Waals surface area contributed by atoms with E-state index in [1.54, 1.807) is 6.92 Å². The molecule has 27 heavy (non-hydrogen) atoms. The molecule has 1 amide bonds. The quantitative estimate of drug-likeness (QED) is 0.708. The molecule has 0 radical (unpaired) electrons. The molecule has 0 fully saturated rings. The maximum atomic E-state index is 13.4. The fourth-order valence-electron chi connectivity index (χ4n) is 3.04. The van der Waals surface area contributed by atoms with Crippen LogP contribution in [0.3, 0.4) is 0 Å². The number of halogens is 1. The van der Waals surface area contributed by atoms with Crippen molar-refractivity contribution in [1.82, 2.24) is 5.16 Å². The first-order valence-electron chi connectivity index (χ1n) is 8.01. The zero-order valence-corrected chi connectivity index (χ0v) is 14.0. The highest BCUT2D eigenvalue weighted by atomic mass is 19.1. The maximum absolute atomic E-state index is 13.4. The number of aryl methyl sites for hydroxylation is 1. The molecule has 8 heteroatoms. The Hall–Kier alpha value is -3.68. The molecule has 1 aromatic carbocycles. The summed E-state index contributed by atoms with van der Waals surface area (Å²) in [6.45, 7) is 1.64. The summed E-state index contributed by atoms with van der Waals surface area (Å²) in [5, 5.41) is 14.3. The molecule has 4 rings (SSSR count). The van der Waals surface area contributed by atoms with Crippen molar-refractivity contribution >= 4 is 17.5 Å². The third kappa shape index (κ3) is 2.71. The number of Topliss-reactive ketones (excluding diaryl/α,β-unsaturated/α-hetero) is 1. The lowest BCUT2D eigenvalue weighted by atomic mass is 9.95. The first kappa shape index (κ1) is 16.8. The van der Waals surface area contributed by atoms with Crippen molar-refractivity contribution in [3.05, 3.63) is 83.0 Å². The van der Waals surface area contributed by atoms with Crippen LogP contribution in [0, 0.1) is 12.7 Å². The van der Waals surface area contributed by atoms with Gasteiger partial charge in [0.15, 0.2) is 17.3 Å². The molecule has 1 atom stereocenters. The first-order chi connectivity index (χ1) is 13.0. The van der Waals surface area contributed by atoms with E-state index >= 15 is 0 Å². The number of amides is 1. The molecule has 0 spiro atoms. The van der Waals surface area contributed by atoms with Crippen LogP contribution >= 0.6 is 0 Å². The molecule has 0 bridgehead atoms. The van der Waals surface area contributed by atoms with Crippen LogP contribution < -0.4 is 4.90 Å². The number of aliphatic hydroxyl groups is 1. The molecule has 1 N–H and O–H groups in total. The standard InChI is InChI=1S/C19H13FN2O5/c1-10-9-14(21-27-10)22-16(11-4-6-12(20)7-5-11)15(18(24)19(22)25)17(23)13-3-2-8-26-13/h2-9,16,24H,1H3/t16-/m0/s1. The van der Waals surface area contributed by atoms with Crippen LogP contribution in [0.15, 0.2) is 69.0 Å². The molecule has 1 aliphatic heterocycles. The highest BCUT2D eigenvalue weighted by Crippen LogP contribution is 2.41. The number of hydrogen-bond acceptors (Lipinski definition) is 6. The third-order valence-corrected chi connectivity index (χ3v) is 4.25. The Morgan fingerprint density at radius 2 is 2.00 bits per heavy atom. The lowest BCUT2D eigenvalue weighted by Gasteiger charge is -2.24. The van der Waals surface area contributed by atoms with Gasteiger partial charge in [0.25, 0.3) is 5.91 Å². The minimum absolute atomic E-state index is 0.0327. The van der Waals surface area contributed by atoms with Gasteiger partial charge in [-0.25, -0.2) is 4.39 Å². The zero-order valence-electron chi connectivity index (χ0n) is 14.0. The molecule has 1 aliphatic rings. The summed E-state index contributed by atoms with van der Waals surface area (Å²) in [5.41, 5.74) is 0.242. The maximum Gasteiger partial charge on any atom is 0.295 e. The Morgan fingerprint density at radius 3 is 2.59 bits per heavy atom. The number of hydrogen-bond donors (Lipinski definition) is 1. The second kappa shape index (κ2) is 6.24. The Labute approximate surface area is 152 Å². The van der Waals surface area contributed by atoms with Crippen LogP contribution in [0.5, 0.6) is 0 Å². The van der Waals surface area contributed by atoms with Crippen LogP contribution in [0.2, 0.25) is 0 Å². The van der Waals surface area contributed by atoms with Crippen molar-refractivity contribution < 1.29 is 28.0 Å². The van der Waals surface area contributed by atoms with Gasteiger partial charge in [0.05, 0.1) is 17.9 Å². The van der Waals surface area contributed by atoms with Crippen molar-refractivity contribution in [1.29, 1.82) is 0 Å². The minimum atomic E-state index is -1.01. The highest BCUT2D eigenvalue weighted by Gasteiger charge is 2.46. The van der Waals surface area contributed by atoms with Gasteiger partial charge in [-0.2, -0.15) is 0 Å². The number of aliphatic hydroxyl groups excluding tert-OH is 1. The number of aromatic nitrogens is 1. The second-order valence-electron chi connectivity index (χ2n) is 5.99. The number of rotatable bonds is 4. The van der Waals surface area contributed by atoms with E-state index in [-0.39, 0.29) is 17.2 Å². The summed E-state index contributed by atoms with van der Waals surface area (Å²) in [7, 11) is 0. The molecule has 2 aromatic heterocycles. The van der Waals surface area contributed by atoms with E-state index in [0.29, 0.717) is 11.3 Å². The van der Waals surface area contributed by atoms with E-state index in [4.69, 9.17) is 8.94 Å². The van der Waals surface area contributed by atoms with Gasteiger partial charge >= 0.3 is 0 Å². The molecular formula is C19H13FN2O5. The van der Waals surface area contributed by atoms with Crippen LogP contribution in [0.4, 0.5) is 10.2 Å². The van der Waals surface area contributed by atoms with E-state index < -0.39 is 29.3 Å². The lowest BCUT2D eigenvalue weighted by Crippen LogP contribution is -2.31. The Morgan fingerprint density at radius 1 is 1.26 bits per heavy atom. The molecule has 0 unspecified atom stereocenters. The monoisotopic (exact) mass is 368 g/mol. The van der Waals surface area contributed by atoms with E-state index in [1.807, 2.05) is 0 Å². The van der Waals surface area contributed by atoms with Gasteiger partial charge in [-0.05, 0) is 36.8 Å². The van der Waals surface area contributed by atoms with Gasteiger partial charge in [-0.15, -0.1) is 0 Å². The average Bonchev–Trinajstić information content (AvgIpc) is 3.37.